The van der Waals surface area contributed by atoms with Gasteiger partial charge >= 0.3 is 0 Å². The Balaban J connectivity index is 2.84. The van der Waals surface area contributed by atoms with Crippen molar-refractivity contribution in [1.82, 2.24) is 4.98 Å². The molecule has 0 bridgehead atoms. The molecule has 5 heteroatoms. The SMILES string of the molecule is CSCCCN(C)c1nc(C(C)(C)C)c(C=O)s1. The lowest BCUT2D eigenvalue weighted by molar-refractivity contribution is 0.112. The van der Waals surface area contributed by atoms with Gasteiger partial charge in [-0.05, 0) is 18.4 Å². The summed E-state index contributed by atoms with van der Waals surface area (Å²) in [4.78, 5) is 18.7. The molecular formula is C13H22N2OS2. The largest absolute Gasteiger partial charge is 0.351 e. The number of carbonyl (C=O) groups is 1. The molecule has 102 valence electrons. The molecule has 0 radical (unpaired) electrons. The quantitative estimate of drug-likeness (QED) is 0.592. The minimum Gasteiger partial charge on any atom is -0.351 e. The average molecular weight is 286 g/mol. The van der Waals surface area contributed by atoms with E-state index in [9.17, 15) is 4.79 Å². The molecule has 0 aliphatic carbocycles. The maximum atomic E-state index is 11.1. The molecule has 0 saturated carbocycles. The number of aldehydes is 1. The van der Waals surface area contributed by atoms with Crippen LogP contribution in [-0.4, -0.2) is 36.9 Å². The highest BCUT2D eigenvalue weighted by atomic mass is 32.2. The topological polar surface area (TPSA) is 33.2 Å². The third kappa shape index (κ3) is 3.99. The van der Waals surface area contributed by atoms with Gasteiger partial charge < -0.3 is 4.90 Å². The van der Waals surface area contributed by atoms with Crippen LogP contribution < -0.4 is 4.90 Å². The summed E-state index contributed by atoms with van der Waals surface area (Å²) in [6, 6.07) is 0. The number of thioether (sulfide) groups is 1. The van der Waals surface area contributed by atoms with Gasteiger partial charge in [0.25, 0.3) is 0 Å². The molecule has 0 aliphatic rings. The number of nitrogens with zero attached hydrogens (tertiary/aromatic N) is 2. The predicted octanol–water partition coefficient (Wildman–Crippen LogP) is 3.44. The van der Waals surface area contributed by atoms with Gasteiger partial charge in [-0.25, -0.2) is 4.98 Å². The van der Waals surface area contributed by atoms with Gasteiger partial charge in [-0.3, -0.25) is 4.79 Å². The first kappa shape index (κ1) is 15.5. The summed E-state index contributed by atoms with van der Waals surface area (Å²) in [5.41, 5.74) is 0.833. The number of thiazole rings is 1. The Hall–Kier alpha value is -0.550. The summed E-state index contributed by atoms with van der Waals surface area (Å²) < 4.78 is 0. The fourth-order valence-electron chi connectivity index (χ4n) is 1.64. The summed E-state index contributed by atoms with van der Waals surface area (Å²) in [7, 11) is 2.04. The van der Waals surface area contributed by atoms with Crippen LogP contribution in [0.15, 0.2) is 0 Å². The predicted molar refractivity (Wildman–Crippen MR) is 82.5 cm³/mol. The monoisotopic (exact) mass is 286 g/mol. The molecule has 0 spiro atoms. The van der Waals surface area contributed by atoms with Gasteiger partial charge in [0.2, 0.25) is 0 Å². The van der Waals surface area contributed by atoms with Crippen molar-refractivity contribution in [3.8, 4) is 0 Å². The molecule has 1 heterocycles. The average Bonchev–Trinajstić information content (AvgIpc) is 2.73. The van der Waals surface area contributed by atoms with Crippen LogP contribution in [0.3, 0.4) is 0 Å². The first-order valence-electron chi connectivity index (χ1n) is 6.06. The van der Waals surface area contributed by atoms with Crippen LogP contribution in [0.25, 0.3) is 0 Å². The molecule has 0 unspecified atom stereocenters. The highest BCUT2D eigenvalue weighted by Crippen LogP contribution is 2.32. The van der Waals surface area contributed by atoms with E-state index in [4.69, 9.17) is 0 Å². The standard InChI is InChI=1S/C13H22N2OS2/c1-13(2,3)11-10(9-16)18-12(14-11)15(4)7-6-8-17-5/h9H,6-8H2,1-5H3. The maximum absolute atomic E-state index is 11.1. The first-order chi connectivity index (χ1) is 8.40. The van der Waals surface area contributed by atoms with Crippen LogP contribution in [0, 0.1) is 0 Å². The van der Waals surface area contributed by atoms with Crippen molar-refractivity contribution in [3.05, 3.63) is 10.6 Å². The molecule has 0 atom stereocenters. The van der Waals surface area contributed by atoms with Gasteiger partial charge in [0.05, 0.1) is 10.6 Å². The van der Waals surface area contributed by atoms with Crippen LogP contribution in [0.2, 0.25) is 0 Å². The summed E-state index contributed by atoms with van der Waals surface area (Å²) in [6.45, 7) is 7.25. The Bertz CT molecular complexity index is 396. The van der Waals surface area contributed by atoms with Gasteiger partial charge in [0, 0.05) is 19.0 Å². The Morgan fingerprint density at radius 1 is 1.44 bits per heavy atom. The molecule has 0 N–H and O–H groups in total. The molecule has 0 amide bonds. The highest BCUT2D eigenvalue weighted by molar-refractivity contribution is 7.98. The van der Waals surface area contributed by atoms with Gasteiger partial charge in [0.15, 0.2) is 11.4 Å². The molecule has 3 nitrogen and oxygen atoms in total. The Labute approximate surface area is 118 Å². The van der Waals surface area contributed by atoms with E-state index >= 15 is 0 Å². The Morgan fingerprint density at radius 2 is 2.11 bits per heavy atom. The van der Waals surface area contributed by atoms with Crippen molar-refractivity contribution < 1.29 is 4.79 Å². The number of hydrogen-bond donors (Lipinski definition) is 0. The number of carbonyl (C=O) groups excluding carboxylic acids is 1. The van der Waals surface area contributed by atoms with Crippen LogP contribution in [0.1, 0.15) is 42.6 Å². The zero-order valence-corrected chi connectivity index (χ0v) is 13.5. The van der Waals surface area contributed by atoms with Crippen molar-refractivity contribution in [3.63, 3.8) is 0 Å². The fraction of sp³-hybridized carbons (Fsp3) is 0.692. The minimum absolute atomic E-state index is 0.0783. The molecular weight excluding hydrogens is 264 g/mol. The van der Waals surface area contributed by atoms with Crippen LogP contribution in [0.4, 0.5) is 5.13 Å². The summed E-state index contributed by atoms with van der Waals surface area (Å²) >= 11 is 3.35. The summed E-state index contributed by atoms with van der Waals surface area (Å²) in [5, 5.41) is 0.947. The second-order valence-corrected chi connectivity index (χ2v) is 7.34. The van der Waals surface area contributed by atoms with E-state index in [1.807, 2.05) is 18.8 Å². The van der Waals surface area contributed by atoms with Gasteiger partial charge in [0.1, 0.15) is 0 Å². The van der Waals surface area contributed by atoms with Crippen molar-refractivity contribution >= 4 is 34.5 Å². The lowest BCUT2D eigenvalue weighted by Gasteiger charge is -2.17. The normalized spacial score (nSPS) is 11.6. The summed E-state index contributed by atoms with van der Waals surface area (Å²) in [5.74, 6) is 1.16. The van der Waals surface area contributed by atoms with Crippen molar-refractivity contribution in [1.29, 1.82) is 0 Å². The lowest BCUT2D eigenvalue weighted by atomic mass is 9.91. The third-order valence-electron chi connectivity index (χ3n) is 2.63. The van der Waals surface area contributed by atoms with Gasteiger partial charge in [-0.15, -0.1) is 0 Å². The van der Waals surface area contributed by atoms with E-state index in [1.54, 1.807) is 0 Å². The zero-order valence-electron chi connectivity index (χ0n) is 11.8. The second kappa shape index (κ2) is 6.57. The highest BCUT2D eigenvalue weighted by Gasteiger charge is 2.23. The molecule has 18 heavy (non-hydrogen) atoms. The number of hydrogen-bond acceptors (Lipinski definition) is 5. The third-order valence-corrected chi connectivity index (χ3v) is 4.42. The molecule has 0 aromatic carbocycles. The minimum atomic E-state index is -0.0783. The molecule has 0 fully saturated rings. The van der Waals surface area contributed by atoms with Crippen LogP contribution in [-0.2, 0) is 5.41 Å². The smallest absolute Gasteiger partial charge is 0.185 e. The first-order valence-corrected chi connectivity index (χ1v) is 8.27. The maximum Gasteiger partial charge on any atom is 0.185 e. The Morgan fingerprint density at radius 3 is 2.56 bits per heavy atom. The van der Waals surface area contributed by atoms with E-state index in [0.29, 0.717) is 0 Å². The van der Waals surface area contributed by atoms with Crippen LogP contribution in [0.5, 0.6) is 0 Å². The lowest BCUT2D eigenvalue weighted by Crippen LogP contribution is -2.20. The zero-order chi connectivity index (χ0) is 13.8. The number of rotatable bonds is 6. The molecule has 1 aromatic heterocycles. The van der Waals surface area contributed by atoms with E-state index in [1.165, 1.54) is 11.3 Å². The molecule has 1 rings (SSSR count). The molecule has 0 saturated heterocycles. The fourth-order valence-corrected chi connectivity index (χ4v) is 3.14. The second-order valence-electron chi connectivity index (χ2n) is 5.35. The van der Waals surface area contributed by atoms with E-state index in [0.717, 1.165) is 40.7 Å². The van der Waals surface area contributed by atoms with Crippen molar-refractivity contribution in [2.75, 3.05) is 30.5 Å². The van der Waals surface area contributed by atoms with Crippen molar-refractivity contribution in [2.24, 2.45) is 0 Å². The van der Waals surface area contributed by atoms with Gasteiger partial charge in [-0.1, -0.05) is 32.1 Å². The van der Waals surface area contributed by atoms with E-state index in [-0.39, 0.29) is 5.41 Å². The Kier molecular flexibility index (Phi) is 5.66. The van der Waals surface area contributed by atoms with Gasteiger partial charge in [-0.2, -0.15) is 11.8 Å². The summed E-state index contributed by atoms with van der Waals surface area (Å²) in [6.07, 6.45) is 4.18. The van der Waals surface area contributed by atoms with Crippen LogP contribution >= 0.6 is 23.1 Å². The van der Waals surface area contributed by atoms with E-state index < -0.39 is 0 Å². The number of aromatic nitrogens is 1. The van der Waals surface area contributed by atoms with Crippen molar-refractivity contribution in [2.45, 2.75) is 32.6 Å². The van der Waals surface area contributed by atoms with E-state index in [2.05, 4.69) is 36.9 Å². The number of anilines is 1. The molecule has 1 aromatic rings. The molecule has 0 aliphatic heterocycles.